The number of hydrogen-bond donors (Lipinski definition) is 2. The van der Waals surface area contributed by atoms with Crippen LogP contribution in [0.3, 0.4) is 0 Å². The Hall–Kier alpha value is -4.25. The minimum absolute atomic E-state index is 0.125. The normalized spacial score (nSPS) is 12.3. The summed E-state index contributed by atoms with van der Waals surface area (Å²) in [6, 6.07) is 21.3. The lowest BCUT2D eigenvalue weighted by atomic mass is 9.93. The van der Waals surface area contributed by atoms with Crippen molar-refractivity contribution >= 4 is 39.4 Å². The Morgan fingerprint density at radius 2 is 1.74 bits per heavy atom. The molecule has 1 unspecified atom stereocenters. The second-order valence-electron chi connectivity index (χ2n) is 10.3. The van der Waals surface area contributed by atoms with Gasteiger partial charge in [-0.25, -0.2) is 14.8 Å². The Kier molecular flexibility index (Phi) is 9.85. The van der Waals surface area contributed by atoms with E-state index in [4.69, 9.17) is 20.5 Å². The zero-order chi connectivity index (χ0) is 31.2. The lowest BCUT2D eigenvalue weighted by Gasteiger charge is -2.26. The molecule has 1 atom stereocenters. The van der Waals surface area contributed by atoms with Crippen LogP contribution in [0, 0.1) is 6.92 Å². The Morgan fingerprint density at radius 1 is 1.07 bits per heavy atom. The maximum atomic E-state index is 12.8. The summed E-state index contributed by atoms with van der Waals surface area (Å²) in [4.78, 5) is 21.1. The highest BCUT2D eigenvalue weighted by atomic mass is 35.5. The van der Waals surface area contributed by atoms with Crippen LogP contribution < -0.4 is 10.6 Å². The Bertz CT molecular complexity index is 1710. The van der Waals surface area contributed by atoms with Crippen molar-refractivity contribution in [3.05, 3.63) is 113 Å². The van der Waals surface area contributed by atoms with Crippen LogP contribution in [0.25, 0.3) is 11.3 Å². The first-order valence-electron chi connectivity index (χ1n) is 13.4. The van der Waals surface area contributed by atoms with Crippen molar-refractivity contribution in [2.75, 3.05) is 11.9 Å². The molecule has 1 aromatic heterocycles. The molecule has 43 heavy (non-hydrogen) atoms. The lowest BCUT2D eigenvalue weighted by molar-refractivity contribution is 0.147. The Labute approximate surface area is 257 Å². The van der Waals surface area contributed by atoms with Crippen LogP contribution in [0.15, 0.2) is 96.5 Å². The first-order chi connectivity index (χ1) is 20.4. The Morgan fingerprint density at radius 3 is 2.40 bits per heavy atom. The number of hydrogen-bond acceptors (Lipinski definition) is 8. The first-order valence-corrected chi connectivity index (χ1v) is 15.2. The molecule has 0 radical (unpaired) electrons. The quantitative estimate of drug-likeness (QED) is 0.131. The minimum atomic E-state index is -3.93. The number of nitrogens with one attached hydrogen (secondary N) is 2. The van der Waals surface area contributed by atoms with Crippen molar-refractivity contribution in [3.8, 4) is 11.3 Å². The van der Waals surface area contributed by atoms with E-state index in [1.807, 2.05) is 38.1 Å². The molecule has 2 N–H and O–H groups in total. The van der Waals surface area contributed by atoms with E-state index >= 15 is 0 Å². The number of nitrogens with zero attached hydrogens (tertiary/aromatic N) is 2. The molecular formula is C32H33ClN4O5S. The number of carbonyl (C=O) groups is 1. The predicted molar refractivity (Wildman–Crippen MR) is 168 cm³/mol. The van der Waals surface area contributed by atoms with Gasteiger partial charge in [0, 0.05) is 11.3 Å². The van der Waals surface area contributed by atoms with Gasteiger partial charge in [0.2, 0.25) is 5.95 Å². The van der Waals surface area contributed by atoms with E-state index in [1.54, 1.807) is 56.3 Å². The molecule has 0 bridgehead atoms. The number of amides is 1. The molecular weight excluding hydrogens is 588 g/mol. The molecule has 0 fully saturated rings. The number of halogens is 1. The maximum Gasteiger partial charge on any atom is 0.408 e. The molecule has 11 heteroatoms. The largest absolute Gasteiger partial charge is 0.445 e. The summed E-state index contributed by atoms with van der Waals surface area (Å²) in [5.74, 6) is 0.328. The zero-order valence-electron chi connectivity index (χ0n) is 24.3. The van der Waals surface area contributed by atoms with Gasteiger partial charge in [0.15, 0.2) is 0 Å². The van der Waals surface area contributed by atoms with Crippen molar-refractivity contribution < 1.29 is 22.1 Å². The molecule has 0 aliphatic rings. The first kappa shape index (κ1) is 31.7. The highest BCUT2D eigenvalue weighted by molar-refractivity contribution is 7.86. The van der Waals surface area contributed by atoms with E-state index in [0.29, 0.717) is 33.5 Å². The van der Waals surface area contributed by atoms with Crippen LogP contribution in [0.2, 0.25) is 5.02 Å². The SMILES string of the molecule is C=CCOC(=O)NC(C)(C)c1ccc(-c2nc(Nc3ccc(C(C)OS(=O)(=O)c4ccccc4C)cc3)ncc2Cl)cc1. The summed E-state index contributed by atoms with van der Waals surface area (Å²) >= 11 is 6.45. The van der Waals surface area contributed by atoms with Gasteiger partial charge in [0.05, 0.1) is 33.5 Å². The highest BCUT2D eigenvalue weighted by Crippen LogP contribution is 2.30. The number of ether oxygens (including phenoxy) is 1. The number of aromatic nitrogens is 2. The van der Waals surface area contributed by atoms with Gasteiger partial charge in [0.1, 0.15) is 6.61 Å². The summed E-state index contributed by atoms with van der Waals surface area (Å²) < 4.78 is 36.1. The van der Waals surface area contributed by atoms with Gasteiger partial charge in [-0.05, 0) is 62.6 Å². The molecule has 1 heterocycles. The number of alkyl carbamates (subject to hydrolysis) is 1. The molecule has 0 aliphatic carbocycles. The highest BCUT2D eigenvalue weighted by Gasteiger charge is 2.24. The van der Waals surface area contributed by atoms with Crippen molar-refractivity contribution in [3.63, 3.8) is 0 Å². The van der Waals surface area contributed by atoms with Gasteiger partial charge in [-0.1, -0.05) is 78.9 Å². The van der Waals surface area contributed by atoms with Crippen molar-refractivity contribution in [1.82, 2.24) is 15.3 Å². The summed E-state index contributed by atoms with van der Waals surface area (Å²) in [5.41, 5.74) is 3.47. The molecule has 1 amide bonds. The van der Waals surface area contributed by atoms with E-state index in [2.05, 4.69) is 27.2 Å². The van der Waals surface area contributed by atoms with Crippen molar-refractivity contribution in [1.29, 1.82) is 0 Å². The molecule has 0 spiro atoms. The zero-order valence-corrected chi connectivity index (χ0v) is 25.9. The van der Waals surface area contributed by atoms with Crippen LogP contribution >= 0.6 is 11.6 Å². The average Bonchev–Trinajstić information content (AvgIpc) is 2.97. The minimum Gasteiger partial charge on any atom is -0.445 e. The molecule has 0 saturated carbocycles. The number of rotatable bonds is 11. The van der Waals surface area contributed by atoms with Gasteiger partial charge in [-0.15, -0.1) is 0 Å². The molecule has 0 saturated heterocycles. The van der Waals surface area contributed by atoms with Crippen molar-refractivity contribution in [2.24, 2.45) is 0 Å². The Balaban J connectivity index is 1.45. The maximum absolute atomic E-state index is 12.8. The molecule has 3 aromatic carbocycles. The topological polar surface area (TPSA) is 120 Å². The summed E-state index contributed by atoms with van der Waals surface area (Å²) in [5, 5.41) is 6.37. The van der Waals surface area contributed by atoms with E-state index in [9.17, 15) is 13.2 Å². The van der Waals surface area contributed by atoms with Crippen LogP contribution in [0.4, 0.5) is 16.4 Å². The molecule has 0 aliphatic heterocycles. The third-order valence-corrected chi connectivity index (χ3v) is 8.46. The summed E-state index contributed by atoms with van der Waals surface area (Å²) in [7, 11) is -3.93. The van der Waals surface area contributed by atoms with E-state index in [0.717, 1.165) is 11.1 Å². The third-order valence-electron chi connectivity index (χ3n) is 6.64. The third kappa shape index (κ3) is 7.98. The number of carbonyl (C=O) groups excluding carboxylic acids is 1. The van der Waals surface area contributed by atoms with E-state index in [-0.39, 0.29) is 11.5 Å². The van der Waals surface area contributed by atoms with Crippen LogP contribution in [0.5, 0.6) is 0 Å². The summed E-state index contributed by atoms with van der Waals surface area (Å²) in [6.07, 6.45) is 1.79. The van der Waals surface area contributed by atoms with E-state index < -0.39 is 27.9 Å². The van der Waals surface area contributed by atoms with Gasteiger partial charge < -0.3 is 15.4 Å². The van der Waals surface area contributed by atoms with Gasteiger partial charge in [-0.3, -0.25) is 4.18 Å². The smallest absolute Gasteiger partial charge is 0.408 e. The molecule has 224 valence electrons. The molecule has 4 aromatic rings. The fourth-order valence-electron chi connectivity index (χ4n) is 4.27. The van der Waals surface area contributed by atoms with Gasteiger partial charge in [0.25, 0.3) is 10.1 Å². The standard InChI is InChI=1S/C32H33ClN4O5S/c1-6-19-41-31(38)37-32(4,5)25-15-11-24(12-16-25)29-27(33)20-34-30(36-29)35-26-17-13-23(14-18-26)22(3)42-43(39,40)28-10-8-7-9-21(28)2/h6-18,20,22H,1,19H2,2-5H3,(H,37,38)(H,34,35,36). The predicted octanol–water partition coefficient (Wildman–Crippen LogP) is 7.46. The second kappa shape index (κ2) is 13.4. The molecule has 4 rings (SSSR count). The fraction of sp³-hybridized carbons (Fsp3) is 0.219. The van der Waals surface area contributed by atoms with Crippen LogP contribution in [-0.2, 0) is 24.6 Å². The molecule has 9 nitrogen and oxygen atoms in total. The number of aryl methyl sites for hydroxylation is 1. The lowest BCUT2D eigenvalue weighted by Crippen LogP contribution is -2.41. The van der Waals surface area contributed by atoms with Gasteiger partial charge in [-0.2, -0.15) is 8.42 Å². The van der Waals surface area contributed by atoms with E-state index in [1.165, 1.54) is 18.3 Å². The fourth-order valence-corrected chi connectivity index (χ4v) is 5.78. The summed E-state index contributed by atoms with van der Waals surface area (Å²) in [6.45, 7) is 10.8. The van der Waals surface area contributed by atoms with Crippen LogP contribution in [-0.4, -0.2) is 31.1 Å². The number of anilines is 2. The van der Waals surface area contributed by atoms with Crippen molar-refractivity contribution in [2.45, 2.75) is 44.2 Å². The monoisotopic (exact) mass is 620 g/mol. The van der Waals surface area contributed by atoms with Crippen LogP contribution in [0.1, 0.15) is 43.6 Å². The van der Waals surface area contributed by atoms with Gasteiger partial charge >= 0.3 is 6.09 Å². The average molecular weight is 621 g/mol. The second-order valence-corrected chi connectivity index (χ2v) is 12.3. The number of benzene rings is 3.